The van der Waals surface area contributed by atoms with Crippen LogP contribution < -0.4 is 4.74 Å². The summed E-state index contributed by atoms with van der Waals surface area (Å²) in [5, 5.41) is 9.94. The van der Waals surface area contributed by atoms with E-state index in [1.807, 2.05) is 73.7 Å². The van der Waals surface area contributed by atoms with E-state index in [4.69, 9.17) is 4.74 Å². The maximum Gasteiger partial charge on any atom is 0.293 e. The predicted molar refractivity (Wildman–Crippen MR) is 127 cm³/mol. The number of thioether (sulfide) groups is 1. The van der Waals surface area contributed by atoms with Crippen molar-refractivity contribution in [3.8, 4) is 11.5 Å². The Labute approximate surface area is 191 Å². The Morgan fingerprint density at radius 1 is 0.969 bits per heavy atom. The summed E-state index contributed by atoms with van der Waals surface area (Å²) in [7, 11) is 0. The first kappa shape index (κ1) is 21.7. The van der Waals surface area contributed by atoms with Crippen molar-refractivity contribution in [2.45, 2.75) is 13.3 Å². The lowest BCUT2D eigenvalue weighted by molar-refractivity contribution is -0.123. The molecule has 5 nitrogen and oxygen atoms in total. The lowest BCUT2D eigenvalue weighted by Gasteiger charge is -2.13. The average molecular weight is 446 g/mol. The lowest BCUT2D eigenvalue weighted by Crippen LogP contribution is -2.32. The van der Waals surface area contributed by atoms with Crippen LogP contribution in [0.4, 0.5) is 4.79 Å². The highest BCUT2D eigenvalue weighted by atomic mass is 32.2. The standard InChI is InChI=1S/C26H23NO4S/c1-18-7-10-22(11-8-18)31-14-13-27-25(29)24(32-26(27)30)17-21-16-20(9-12-23(21)28)15-19-5-3-2-4-6-19/h2-12,16-17,28H,13-15H2,1H3/b24-17-. The molecule has 0 spiro atoms. The van der Waals surface area contributed by atoms with Crippen LogP contribution in [0.15, 0.2) is 77.7 Å². The zero-order valence-corrected chi connectivity index (χ0v) is 18.5. The number of nitrogens with zero attached hydrogens (tertiary/aromatic N) is 1. The zero-order chi connectivity index (χ0) is 22.5. The second-order valence-electron chi connectivity index (χ2n) is 7.55. The Kier molecular flexibility index (Phi) is 6.61. The van der Waals surface area contributed by atoms with Crippen LogP contribution in [0.3, 0.4) is 0 Å². The third kappa shape index (κ3) is 5.21. The molecular formula is C26H23NO4S. The molecule has 0 aliphatic carbocycles. The van der Waals surface area contributed by atoms with Gasteiger partial charge in [-0.2, -0.15) is 0 Å². The second kappa shape index (κ2) is 9.75. The van der Waals surface area contributed by atoms with Crippen LogP contribution in [-0.4, -0.2) is 34.3 Å². The highest BCUT2D eigenvalue weighted by Gasteiger charge is 2.35. The molecule has 0 radical (unpaired) electrons. The normalized spacial score (nSPS) is 14.9. The fraction of sp³-hybridized carbons (Fsp3) is 0.154. The van der Waals surface area contributed by atoms with E-state index in [1.54, 1.807) is 12.1 Å². The van der Waals surface area contributed by atoms with Gasteiger partial charge in [0.15, 0.2) is 0 Å². The van der Waals surface area contributed by atoms with Gasteiger partial charge in [0.2, 0.25) is 0 Å². The number of hydrogen-bond donors (Lipinski definition) is 1. The zero-order valence-electron chi connectivity index (χ0n) is 17.7. The van der Waals surface area contributed by atoms with Gasteiger partial charge in [0.1, 0.15) is 18.1 Å². The molecule has 0 unspecified atom stereocenters. The Balaban J connectivity index is 1.43. The smallest absolute Gasteiger partial charge is 0.293 e. The molecule has 1 aliphatic rings. The number of amides is 2. The molecule has 0 atom stereocenters. The number of phenols is 1. The summed E-state index contributed by atoms with van der Waals surface area (Å²) in [5.74, 6) is 0.384. The Hall–Kier alpha value is -3.51. The third-order valence-corrected chi connectivity index (χ3v) is 6.02. The molecule has 1 saturated heterocycles. The quantitative estimate of drug-likeness (QED) is 0.493. The van der Waals surface area contributed by atoms with Crippen molar-refractivity contribution in [2.24, 2.45) is 0 Å². The molecule has 0 aromatic heterocycles. The molecule has 3 aromatic rings. The summed E-state index contributed by atoms with van der Waals surface area (Å²) in [5.41, 5.74) is 3.80. The first-order chi connectivity index (χ1) is 15.5. The number of phenolic OH excluding ortho intramolecular Hbond substituents is 1. The maximum atomic E-state index is 12.8. The number of ether oxygens (including phenoxy) is 1. The minimum Gasteiger partial charge on any atom is -0.507 e. The summed E-state index contributed by atoms with van der Waals surface area (Å²) < 4.78 is 5.65. The van der Waals surface area contributed by atoms with Crippen molar-refractivity contribution in [2.75, 3.05) is 13.2 Å². The van der Waals surface area contributed by atoms with E-state index in [0.717, 1.165) is 28.5 Å². The Morgan fingerprint density at radius 3 is 2.47 bits per heavy atom. The molecule has 6 heteroatoms. The van der Waals surface area contributed by atoms with E-state index in [0.29, 0.717) is 17.7 Å². The summed E-state index contributed by atoms with van der Waals surface area (Å²) >= 11 is 0.875. The van der Waals surface area contributed by atoms with Gasteiger partial charge >= 0.3 is 0 Å². The van der Waals surface area contributed by atoms with Crippen molar-refractivity contribution >= 4 is 29.0 Å². The molecule has 1 fully saturated rings. The summed E-state index contributed by atoms with van der Waals surface area (Å²) in [6, 6.07) is 22.9. The van der Waals surface area contributed by atoms with E-state index in [-0.39, 0.29) is 35.0 Å². The Bertz CT molecular complexity index is 1160. The Morgan fingerprint density at radius 2 is 1.72 bits per heavy atom. The minimum absolute atomic E-state index is 0.0660. The van der Waals surface area contributed by atoms with E-state index in [2.05, 4.69) is 0 Å². The number of hydrogen-bond acceptors (Lipinski definition) is 5. The third-order valence-electron chi connectivity index (χ3n) is 5.11. The van der Waals surface area contributed by atoms with Crippen LogP contribution in [0, 0.1) is 6.92 Å². The van der Waals surface area contributed by atoms with Gasteiger partial charge in [0.05, 0.1) is 11.4 Å². The minimum atomic E-state index is -0.375. The van der Waals surface area contributed by atoms with Gasteiger partial charge in [-0.25, -0.2) is 0 Å². The van der Waals surface area contributed by atoms with Crippen LogP contribution in [0.1, 0.15) is 22.3 Å². The number of carbonyl (C=O) groups excluding carboxylic acids is 2. The molecule has 32 heavy (non-hydrogen) atoms. The number of rotatable bonds is 7. The average Bonchev–Trinajstić information content (AvgIpc) is 3.05. The number of benzene rings is 3. The fourth-order valence-electron chi connectivity index (χ4n) is 3.38. The van der Waals surface area contributed by atoms with Gasteiger partial charge < -0.3 is 9.84 Å². The molecule has 162 valence electrons. The largest absolute Gasteiger partial charge is 0.507 e. The van der Waals surface area contributed by atoms with Crippen molar-refractivity contribution in [1.29, 1.82) is 0 Å². The first-order valence-electron chi connectivity index (χ1n) is 10.3. The summed E-state index contributed by atoms with van der Waals surface area (Å²) in [6.07, 6.45) is 2.29. The van der Waals surface area contributed by atoms with Gasteiger partial charge in [-0.1, -0.05) is 54.1 Å². The van der Waals surface area contributed by atoms with Crippen LogP contribution in [-0.2, 0) is 11.2 Å². The van der Waals surface area contributed by atoms with Crippen molar-refractivity contribution < 1.29 is 19.4 Å². The van der Waals surface area contributed by atoms with Crippen molar-refractivity contribution in [3.05, 3.63) is 100.0 Å². The molecule has 4 rings (SSSR count). The van der Waals surface area contributed by atoms with Crippen LogP contribution in [0.2, 0.25) is 0 Å². The molecule has 2 amide bonds. The van der Waals surface area contributed by atoms with E-state index < -0.39 is 0 Å². The van der Waals surface area contributed by atoms with Gasteiger partial charge in [0.25, 0.3) is 11.1 Å². The maximum absolute atomic E-state index is 12.8. The van der Waals surface area contributed by atoms with Crippen LogP contribution >= 0.6 is 11.8 Å². The molecule has 0 saturated carbocycles. The topological polar surface area (TPSA) is 66.8 Å². The SMILES string of the molecule is Cc1ccc(OCCN2C(=O)S/C(=C\c3cc(Cc4ccccc4)ccc3O)C2=O)cc1. The van der Waals surface area contributed by atoms with E-state index in [1.165, 1.54) is 4.90 Å². The van der Waals surface area contributed by atoms with E-state index >= 15 is 0 Å². The number of aryl methyl sites for hydroxylation is 1. The number of imide groups is 1. The van der Waals surface area contributed by atoms with Crippen LogP contribution in [0.5, 0.6) is 11.5 Å². The van der Waals surface area contributed by atoms with Crippen LogP contribution in [0.25, 0.3) is 6.08 Å². The van der Waals surface area contributed by atoms with Gasteiger partial charge in [0, 0.05) is 5.56 Å². The van der Waals surface area contributed by atoms with Gasteiger partial charge in [-0.05, 0) is 66.6 Å². The highest BCUT2D eigenvalue weighted by molar-refractivity contribution is 8.18. The lowest BCUT2D eigenvalue weighted by atomic mass is 10.0. The number of carbonyl (C=O) groups is 2. The van der Waals surface area contributed by atoms with E-state index in [9.17, 15) is 14.7 Å². The predicted octanol–water partition coefficient (Wildman–Crippen LogP) is 5.41. The fourth-order valence-corrected chi connectivity index (χ4v) is 4.24. The summed E-state index contributed by atoms with van der Waals surface area (Å²) in [4.78, 5) is 26.6. The molecule has 1 heterocycles. The molecule has 1 aliphatic heterocycles. The monoisotopic (exact) mass is 445 g/mol. The summed E-state index contributed by atoms with van der Waals surface area (Å²) in [6.45, 7) is 2.37. The second-order valence-corrected chi connectivity index (χ2v) is 8.54. The molecule has 3 aromatic carbocycles. The molecule has 0 bridgehead atoms. The molecule has 1 N–H and O–H groups in total. The highest BCUT2D eigenvalue weighted by Crippen LogP contribution is 2.34. The van der Waals surface area contributed by atoms with Crippen molar-refractivity contribution in [3.63, 3.8) is 0 Å². The van der Waals surface area contributed by atoms with Crippen molar-refractivity contribution in [1.82, 2.24) is 4.90 Å². The number of aromatic hydroxyl groups is 1. The van der Waals surface area contributed by atoms with Gasteiger partial charge in [-0.3, -0.25) is 14.5 Å². The van der Waals surface area contributed by atoms with Gasteiger partial charge in [-0.15, -0.1) is 0 Å². The molecular weight excluding hydrogens is 422 g/mol. The first-order valence-corrected chi connectivity index (χ1v) is 11.1.